The largest absolute Gasteiger partial charge is 0.339 e. The minimum absolute atomic E-state index is 0.161. The van der Waals surface area contributed by atoms with Crippen LogP contribution in [-0.4, -0.2) is 17.9 Å². The molecule has 1 atom stereocenters. The summed E-state index contributed by atoms with van der Waals surface area (Å²) in [6, 6.07) is -0.434. The van der Waals surface area contributed by atoms with E-state index in [1.807, 2.05) is 13.8 Å². The molecule has 0 radical (unpaired) electrons. The molecule has 0 aromatic rings. The SMILES string of the molecule is CC(C)/C=C1\NC(=O)[C@H](C)NC1=O. The van der Waals surface area contributed by atoms with Crippen molar-refractivity contribution < 1.29 is 9.59 Å². The van der Waals surface area contributed by atoms with Crippen LogP contribution in [0.4, 0.5) is 0 Å². The highest BCUT2D eigenvalue weighted by Crippen LogP contribution is 2.04. The molecule has 72 valence electrons. The number of hydrogen-bond donors (Lipinski definition) is 2. The number of hydrogen-bond acceptors (Lipinski definition) is 2. The molecule has 0 aliphatic carbocycles. The molecule has 2 amide bonds. The Bertz CT molecular complexity index is 269. The summed E-state index contributed by atoms with van der Waals surface area (Å²) in [4.78, 5) is 22.5. The number of nitrogens with one attached hydrogen (secondary N) is 2. The van der Waals surface area contributed by atoms with E-state index in [2.05, 4.69) is 10.6 Å². The molecular formula is C9H14N2O2. The minimum Gasteiger partial charge on any atom is -0.339 e. The van der Waals surface area contributed by atoms with Crippen LogP contribution < -0.4 is 10.6 Å². The van der Waals surface area contributed by atoms with E-state index in [1.54, 1.807) is 13.0 Å². The van der Waals surface area contributed by atoms with Gasteiger partial charge in [-0.1, -0.05) is 19.9 Å². The summed E-state index contributed by atoms with van der Waals surface area (Å²) < 4.78 is 0. The van der Waals surface area contributed by atoms with Crippen LogP contribution in [0.15, 0.2) is 11.8 Å². The Morgan fingerprint density at radius 1 is 1.38 bits per heavy atom. The van der Waals surface area contributed by atoms with Gasteiger partial charge in [-0.2, -0.15) is 0 Å². The Morgan fingerprint density at radius 3 is 2.54 bits per heavy atom. The lowest BCUT2D eigenvalue weighted by Crippen LogP contribution is -2.53. The smallest absolute Gasteiger partial charge is 0.268 e. The second kappa shape index (κ2) is 3.60. The molecule has 1 fully saturated rings. The predicted molar refractivity (Wildman–Crippen MR) is 48.7 cm³/mol. The molecule has 13 heavy (non-hydrogen) atoms. The first-order valence-electron chi connectivity index (χ1n) is 4.34. The first-order valence-corrected chi connectivity index (χ1v) is 4.34. The van der Waals surface area contributed by atoms with E-state index in [9.17, 15) is 9.59 Å². The van der Waals surface area contributed by atoms with E-state index in [0.717, 1.165) is 0 Å². The van der Waals surface area contributed by atoms with E-state index < -0.39 is 6.04 Å². The molecule has 4 heteroatoms. The maximum atomic E-state index is 11.3. The summed E-state index contributed by atoms with van der Waals surface area (Å²) >= 11 is 0. The summed E-state index contributed by atoms with van der Waals surface area (Å²) in [6.07, 6.45) is 1.74. The van der Waals surface area contributed by atoms with Gasteiger partial charge >= 0.3 is 0 Å². The van der Waals surface area contributed by atoms with Crippen LogP contribution >= 0.6 is 0 Å². The van der Waals surface area contributed by atoms with E-state index in [4.69, 9.17) is 0 Å². The van der Waals surface area contributed by atoms with Crippen molar-refractivity contribution in [2.24, 2.45) is 5.92 Å². The topological polar surface area (TPSA) is 58.2 Å². The van der Waals surface area contributed by atoms with Crippen LogP contribution in [0.3, 0.4) is 0 Å². The normalized spacial score (nSPS) is 26.2. The molecule has 1 heterocycles. The van der Waals surface area contributed by atoms with Gasteiger partial charge in [0.1, 0.15) is 11.7 Å². The number of rotatable bonds is 1. The molecule has 1 aliphatic rings. The van der Waals surface area contributed by atoms with Gasteiger partial charge in [-0.25, -0.2) is 0 Å². The van der Waals surface area contributed by atoms with Gasteiger partial charge in [0.25, 0.3) is 5.91 Å². The predicted octanol–water partition coefficient (Wildman–Crippen LogP) is 0.161. The van der Waals surface area contributed by atoms with Gasteiger partial charge in [-0.05, 0) is 12.8 Å². The molecule has 4 nitrogen and oxygen atoms in total. The van der Waals surface area contributed by atoms with E-state index in [-0.39, 0.29) is 17.7 Å². The fourth-order valence-corrected chi connectivity index (χ4v) is 1.09. The van der Waals surface area contributed by atoms with Crippen LogP contribution in [0, 0.1) is 5.92 Å². The van der Waals surface area contributed by atoms with Crippen molar-refractivity contribution in [3.05, 3.63) is 11.8 Å². The molecule has 1 rings (SSSR count). The number of allylic oxidation sites excluding steroid dienone is 1. The number of piperazine rings is 1. The highest BCUT2D eigenvalue weighted by Gasteiger charge is 2.25. The number of carbonyl (C=O) groups excluding carboxylic acids is 2. The van der Waals surface area contributed by atoms with Crippen molar-refractivity contribution >= 4 is 11.8 Å². The van der Waals surface area contributed by atoms with Gasteiger partial charge in [0.05, 0.1) is 0 Å². The Labute approximate surface area is 77.4 Å². The third-order valence-electron chi connectivity index (χ3n) is 1.74. The Morgan fingerprint density at radius 2 is 2.00 bits per heavy atom. The van der Waals surface area contributed by atoms with E-state index in [0.29, 0.717) is 5.70 Å². The van der Waals surface area contributed by atoms with Gasteiger partial charge in [-0.3, -0.25) is 9.59 Å². The van der Waals surface area contributed by atoms with Crippen LogP contribution in [0.2, 0.25) is 0 Å². The third kappa shape index (κ3) is 2.31. The van der Waals surface area contributed by atoms with Crippen LogP contribution in [-0.2, 0) is 9.59 Å². The Hall–Kier alpha value is -1.32. The molecule has 1 aliphatic heterocycles. The van der Waals surface area contributed by atoms with Crippen LogP contribution in [0.1, 0.15) is 20.8 Å². The summed E-state index contributed by atoms with van der Waals surface area (Å²) in [6.45, 7) is 5.55. The maximum Gasteiger partial charge on any atom is 0.268 e. The first kappa shape index (κ1) is 9.77. The van der Waals surface area contributed by atoms with Gasteiger partial charge in [0.2, 0.25) is 5.91 Å². The number of amides is 2. The number of carbonyl (C=O) groups is 2. The van der Waals surface area contributed by atoms with Crippen molar-refractivity contribution in [3.8, 4) is 0 Å². The van der Waals surface area contributed by atoms with Crippen molar-refractivity contribution in [3.63, 3.8) is 0 Å². The standard InChI is InChI=1S/C9H14N2O2/c1-5(2)4-7-9(13)10-6(3)8(12)11-7/h4-6H,1-3H3,(H,10,13)(H,11,12)/b7-4-/t6-/m0/s1. The van der Waals surface area contributed by atoms with Gasteiger partial charge in [-0.15, -0.1) is 0 Å². The lowest BCUT2D eigenvalue weighted by molar-refractivity contribution is -0.130. The Kier molecular flexibility index (Phi) is 2.70. The Balaban J connectivity index is 2.78. The molecular weight excluding hydrogens is 168 g/mol. The monoisotopic (exact) mass is 182 g/mol. The van der Waals surface area contributed by atoms with Gasteiger partial charge < -0.3 is 10.6 Å². The molecule has 0 unspecified atom stereocenters. The fourth-order valence-electron chi connectivity index (χ4n) is 1.09. The molecule has 2 N–H and O–H groups in total. The average molecular weight is 182 g/mol. The van der Waals surface area contributed by atoms with Crippen LogP contribution in [0.5, 0.6) is 0 Å². The van der Waals surface area contributed by atoms with Crippen LogP contribution in [0.25, 0.3) is 0 Å². The maximum absolute atomic E-state index is 11.3. The first-order chi connectivity index (χ1) is 6.00. The van der Waals surface area contributed by atoms with Crippen molar-refractivity contribution in [2.45, 2.75) is 26.8 Å². The van der Waals surface area contributed by atoms with Gasteiger partial charge in [0.15, 0.2) is 0 Å². The fraction of sp³-hybridized carbons (Fsp3) is 0.556. The zero-order chi connectivity index (χ0) is 10.0. The summed E-state index contributed by atoms with van der Waals surface area (Å²) in [5.74, 6) is -0.123. The summed E-state index contributed by atoms with van der Waals surface area (Å²) in [5.41, 5.74) is 0.359. The zero-order valence-corrected chi connectivity index (χ0v) is 8.05. The highest BCUT2D eigenvalue weighted by molar-refractivity contribution is 6.04. The van der Waals surface area contributed by atoms with Crippen molar-refractivity contribution in [1.29, 1.82) is 0 Å². The van der Waals surface area contributed by atoms with Gasteiger partial charge in [0, 0.05) is 0 Å². The minimum atomic E-state index is -0.434. The lowest BCUT2D eigenvalue weighted by atomic mass is 10.1. The zero-order valence-electron chi connectivity index (χ0n) is 8.05. The third-order valence-corrected chi connectivity index (χ3v) is 1.74. The average Bonchev–Trinajstić information content (AvgIpc) is 1.99. The highest BCUT2D eigenvalue weighted by atomic mass is 16.2. The van der Waals surface area contributed by atoms with E-state index in [1.165, 1.54) is 0 Å². The molecule has 0 spiro atoms. The van der Waals surface area contributed by atoms with E-state index >= 15 is 0 Å². The molecule has 0 bridgehead atoms. The molecule has 0 saturated carbocycles. The second-order valence-electron chi connectivity index (χ2n) is 3.51. The lowest BCUT2D eigenvalue weighted by Gasteiger charge is -2.22. The summed E-state index contributed by atoms with van der Waals surface area (Å²) in [7, 11) is 0. The second-order valence-corrected chi connectivity index (χ2v) is 3.51. The molecule has 0 aromatic heterocycles. The molecule has 0 aromatic carbocycles. The van der Waals surface area contributed by atoms with Crippen molar-refractivity contribution in [2.75, 3.05) is 0 Å². The quantitative estimate of drug-likeness (QED) is 0.567. The molecule has 1 saturated heterocycles. The van der Waals surface area contributed by atoms with Crippen molar-refractivity contribution in [1.82, 2.24) is 10.6 Å². The summed E-state index contributed by atoms with van der Waals surface area (Å²) in [5, 5.41) is 5.12.